The molecule has 36 heavy (non-hydrogen) atoms. The molecule has 9 nitrogen and oxygen atoms in total. The van der Waals surface area contributed by atoms with E-state index in [1.165, 1.54) is 29.8 Å². The summed E-state index contributed by atoms with van der Waals surface area (Å²) < 4.78 is 10.8. The number of carbonyl (C=O) groups excluding carboxylic acids is 3. The minimum atomic E-state index is -0.606. The highest BCUT2D eigenvalue weighted by atomic mass is 16.6. The first-order chi connectivity index (χ1) is 17.2. The van der Waals surface area contributed by atoms with Gasteiger partial charge in [-0.15, -0.1) is 0 Å². The third-order valence-electron chi connectivity index (χ3n) is 5.40. The number of anilines is 1. The van der Waals surface area contributed by atoms with Gasteiger partial charge in [0.15, 0.2) is 12.4 Å². The van der Waals surface area contributed by atoms with Gasteiger partial charge in [0.05, 0.1) is 4.92 Å². The Bertz CT molecular complexity index is 1250. The second kappa shape index (κ2) is 12.3. The molecule has 0 saturated carbocycles. The summed E-state index contributed by atoms with van der Waals surface area (Å²) >= 11 is 0. The van der Waals surface area contributed by atoms with Crippen molar-refractivity contribution < 1.29 is 28.8 Å². The first-order valence-electron chi connectivity index (χ1n) is 11.3. The number of esters is 1. The van der Waals surface area contributed by atoms with E-state index in [-0.39, 0.29) is 36.4 Å². The van der Waals surface area contributed by atoms with Gasteiger partial charge in [-0.1, -0.05) is 6.07 Å². The monoisotopic (exact) mass is 490 g/mol. The molecule has 1 amide bonds. The number of hydrogen-bond acceptors (Lipinski definition) is 7. The molecule has 3 aromatic rings. The predicted octanol–water partition coefficient (Wildman–Crippen LogP) is 5.54. The number of ketones is 1. The normalized spacial score (nSPS) is 10.4. The molecule has 0 aliphatic heterocycles. The van der Waals surface area contributed by atoms with Crippen molar-refractivity contribution in [3.63, 3.8) is 0 Å². The standard InChI is InChI=1S/C27H26N2O7/c1-18-6-13-24(16-19(18)2)36-23-14-9-21(10-15-23)28-26(31)4-3-5-27(32)35-17-25(30)20-7-11-22(12-8-20)29(33)34/h6-16H,3-5,17H2,1-2H3,(H,28,31). The van der Waals surface area contributed by atoms with E-state index in [9.17, 15) is 24.5 Å². The number of Topliss-reactive ketones (excluding diaryl/α,β-unsaturated/α-hetero) is 1. The molecule has 0 aliphatic rings. The molecule has 1 N–H and O–H groups in total. The molecular formula is C27H26N2O7. The molecule has 0 spiro atoms. The number of ether oxygens (including phenoxy) is 2. The number of non-ortho nitro benzene ring substituents is 1. The number of rotatable bonds is 11. The number of amides is 1. The van der Waals surface area contributed by atoms with E-state index in [1.54, 1.807) is 24.3 Å². The molecule has 0 radical (unpaired) electrons. The van der Waals surface area contributed by atoms with Crippen LogP contribution in [0.25, 0.3) is 0 Å². The number of nitro groups is 1. The summed E-state index contributed by atoms with van der Waals surface area (Å²) in [4.78, 5) is 46.2. The molecule has 9 heteroatoms. The summed E-state index contributed by atoms with van der Waals surface area (Å²) in [5, 5.41) is 13.4. The number of nitrogens with zero attached hydrogens (tertiary/aromatic N) is 1. The summed E-state index contributed by atoms with van der Waals surface area (Å²) in [6.07, 6.45) is 0.334. The maximum absolute atomic E-state index is 12.2. The number of aryl methyl sites for hydroxylation is 2. The Labute approximate surface area is 208 Å². The van der Waals surface area contributed by atoms with Gasteiger partial charge in [-0.25, -0.2) is 0 Å². The first kappa shape index (κ1) is 26.1. The number of carbonyl (C=O) groups is 3. The van der Waals surface area contributed by atoms with Crippen molar-refractivity contribution in [1.29, 1.82) is 0 Å². The van der Waals surface area contributed by atoms with Gasteiger partial charge in [-0.3, -0.25) is 24.5 Å². The van der Waals surface area contributed by atoms with Gasteiger partial charge in [0.1, 0.15) is 11.5 Å². The molecule has 0 fully saturated rings. The number of nitro benzene ring substituents is 1. The fourth-order valence-corrected chi connectivity index (χ4v) is 3.21. The summed E-state index contributed by atoms with van der Waals surface area (Å²) in [5.41, 5.74) is 2.99. The quantitative estimate of drug-likeness (QED) is 0.162. The summed E-state index contributed by atoms with van der Waals surface area (Å²) in [6, 6.07) is 17.8. The largest absolute Gasteiger partial charge is 0.457 e. The van der Waals surface area contributed by atoms with Crippen LogP contribution in [-0.2, 0) is 14.3 Å². The zero-order chi connectivity index (χ0) is 26.1. The third kappa shape index (κ3) is 7.76. The van der Waals surface area contributed by atoms with Gasteiger partial charge in [-0.2, -0.15) is 0 Å². The summed E-state index contributed by atoms with van der Waals surface area (Å²) in [6.45, 7) is 3.58. The van der Waals surface area contributed by atoms with Gasteiger partial charge >= 0.3 is 5.97 Å². The zero-order valence-corrected chi connectivity index (χ0v) is 20.0. The first-order valence-corrected chi connectivity index (χ1v) is 11.3. The number of hydrogen-bond donors (Lipinski definition) is 1. The molecule has 0 unspecified atom stereocenters. The fourth-order valence-electron chi connectivity index (χ4n) is 3.21. The fraction of sp³-hybridized carbons (Fsp3) is 0.222. The average Bonchev–Trinajstić information content (AvgIpc) is 2.86. The van der Waals surface area contributed by atoms with Crippen LogP contribution in [0.15, 0.2) is 66.7 Å². The SMILES string of the molecule is Cc1ccc(Oc2ccc(NC(=O)CCCC(=O)OCC(=O)c3ccc([N+](=O)[O-])cc3)cc2)cc1C. The number of benzene rings is 3. The lowest BCUT2D eigenvalue weighted by atomic mass is 10.1. The summed E-state index contributed by atoms with van der Waals surface area (Å²) in [5.74, 6) is 0.0397. The van der Waals surface area contributed by atoms with Crippen LogP contribution in [0.5, 0.6) is 11.5 Å². The van der Waals surface area contributed by atoms with Gasteiger partial charge < -0.3 is 14.8 Å². The van der Waals surface area contributed by atoms with Gasteiger partial charge in [0, 0.05) is 36.2 Å². The van der Waals surface area contributed by atoms with Crippen molar-refractivity contribution in [3.05, 3.63) is 93.5 Å². The van der Waals surface area contributed by atoms with Gasteiger partial charge in [0.25, 0.3) is 5.69 Å². The van der Waals surface area contributed by atoms with Crippen molar-refractivity contribution in [1.82, 2.24) is 0 Å². The Morgan fingerprint density at radius 2 is 1.53 bits per heavy atom. The Morgan fingerprint density at radius 3 is 2.17 bits per heavy atom. The molecular weight excluding hydrogens is 464 g/mol. The van der Waals surface area contributed by atoms with Crippen LogP contribution in [0.2, 0.25) is 0 Å². The molecule has 0 aromatic heterocycles. The third-order valence-corrected chi connectivity index (χ3v) is 5.40. The van der Waals surface area contributed by atoms with Crippen LogP contribution in [0, 0.1) is 24.0 Å². The van der Waals surface area contributed by atoms with Crippen molar-refractivity contribution in [2.24, 2.45) is 0 Å². The smallest absolute Gasteiger partial charge is 0.306 e. The van der Waals surface area contributed by atoms with E-state index in [2.05, 4.69) is 5.32 Å². The van der Waals surface area contributed by atoms with Gasteiger partial charge in [-0.05, 0) is 79.9 Å². The van der Waals surface area contributed by atoms with E-state index in [1.807, 2.05) is 32.0 Å². The molecule has 0 saturated heterocycles. The predicted molar refractivity (Wildman–Crippen MR) is 133 cm³/mol. The minimum absolute atomic E-state index is 0.0241. The van der Waals surface area contributed by atoms with E-state index >= 15 is 0 Å². The highest BCUT2D eigenvalue weighted by Gasteiger charge is 2.13. The van der Waals surface area contributed by atoms with Crippen molar-refractivity contribution in [3.8, 4) is 11.5 Å². The molecule has 0 atom stereocenters. The minimum Gasteiger partial charge on any atom is -0.457 e. The average molecular weight is 491 g/mol. The molecule has 0 bridgehead atoms. The molecule has 0 heterocycles. The maximum atomic E-state index is 12.2. The van der Waals surface area contributed by atoms with Crippen LogP contribution in [0.4, 0.5) is 11.4 Å². The molecule has 0 aliphatic carbocycles. The van der Waals surface area contributed by atoms with Crippen LogP contribution in [0.1, 0.15) is 40.7 Å². The van der Waals surface area contributed by atoms with Crippen molar-refractivity contribution >= 4 is 29.0 Å². The summed E-state index contributed by atoms with van der Waals surface area (Å²) in [7, 11) is 0. The Balaban J connectivity index is 1.36. The lowest BCUT2D eigenvalue weighted by Gasteiger charge is -2.09. The Kier molecular flexibility index (Phi) is 8.88. The maximum Gasteiger partial charge on any atom is 0.306 e. The van der Waals surface area contributed by atoms with Crippen LogP contribution in [0.3, 0.4) is 0 Å². The molecule has 186 valence electrons. The van der Waals surface area contributed by atoms with E-state index in [4.69, 9.17) is 9.47 Å². The van der Waals surface area contributed by atoms with Crippen LogP contribution >= 0.6 is 0 Å². The van der Waals surface area contributed by atoms with Crippen molar-refractivity contribution in [2.75, 3.05) is 11.9 Å². The lowest BCUT2D eigenvalue weighted by Crippen LogP contribution is -2.15. The van der Waals surface area contributed by atoms with E-state index in [0.29, 0.717) is 11.4 Å². The van der Waals surface area contributed by atoms with E-state index < -0.39 is 23.3 Å². The Hall–Kier alpha value is -4.53. The number of nitrogens with one attached hydrogen (secondary N) is 1. The second-order valence-electron chi connectivity index (χ2n) is 8.16. The topological polar surface area (TPSA) is 125 Å². The van der Waals surface area contributed by atoms with Gasteiger partial charge in [0.2, 0.25) is 5.91 Å². The lowest BCUT2D eigenvalue weighted by molar-refractivity contribution is -0.384. The zero-order valence-electron chi connectivity index (χ0n) is 20.0. The van der Waals surface area contributed by atoms with E-state index in [0.717, 1.165) is 11.3 Å². The van der Waals surface area contributed by atoms with Crippen molar-refractivity contribution in [2.45, 2.75) is 33.1 Å². The highest BCUT2D eigenvalue weighted by Crippen LogP contribution is 2.25. The highest BCUT2D eigenvalue weighted by molar-refractivity contribution is 5.98. The second-order valence-corrected chi connectivity index (χ2v) is 8.16. The molecule has 3 rings (SSSR count). The van der Waals surface area contributed by atoms with Crippen LogP contribution < -0.4 is 10.1 Å². The Morgan fingerprint density at radius 1 is 0.861 bits per heavy atom. The van der Waals surface area contributed by atoms with Crippen LogP contribution in [-0.4, -0.2) is 29.2 Å². The molecule has 3 aromatic carbocycles.